The number of nitrogens with zero attached hydrogens (tertiary/aromatic N) is 3. The van der Waals surface area contributed by atoms with Crippen molar-refractivity contribution in [1.29, 1.82) is 0 Å². The summed E-state index contributed by atoms with van der Waals surface area (Å²) in [5.74, 6) is -0.559. The molecule has 2 heterocycles. The molecule has 24 heavy (non-hydrogen) atoms. The number of carbonyl (C=O) groups is 2. The lowest BCUT2D eigenvalue weighted by atomic mass is 10.1. The molecule has 0 atom stereocenters. The molecule has 3 rings (SSSR count). The van der Waals surface area contributed by atoms with Crippen molar-refractivity contribution < 1.29 is 18.0 Å². The third kappa shape index (κ3) is 3.29. The number of amides is 2. The van der Waals surface area contributed by atoms with E-state index in [0.717, 1.165) is 11.3 Å². The van der Waals surface area contributed by atoms with Crippen LogP contribution in [0.1, 0.15) is 12.8 Å². The molecule has 2 amide bonds. The number of nitrogens with one attached hydrogen (secondary N) is 1. The fraction of sp³-hybridized carbons (Fsp3) is 0.286. The number of fused-ring (bicyclic) bond motifs is 1. The molecule has 0 bridgehead atoms. The predicted molar refractivity (Wildman–Crippen MR) is 90.8 cm³/mol. The molecule has 10 heteroatoms. The number of thiazole rings is 1. The molecule has 0 saturated heterocycles. The molecule has 0 spiro atoms. The van der Waals surface area contributed by atoms with Crippen molar-refractivity contribution in [2.45, 2.75) is 17.7 Å². The van der Waals surface area contributed by atoms with E-state index >= 15 is 0 Å². The molecule has 1 aromatic carbocycles. The largest absolute Gasteiger partial charge is 0.297 e. The van der Waals surface area contributed by atoms with Gasteiger partial charge in [-0.2, -0.15) is 5.10 Å². The highest BCUT2D eigenvalue weighted by molar-refractivity contribution is 7.90. The number of hydrogen-bond acceptors (Lipinski definition) is 7. The lowest BCUT2D eigenvalue weighted by molar-refractivity contribution is -0.130. The van der Waals surface area contributed by atoms with Gasteiger partial charge in [0.2, 0.25) is 5.91 Å². The van der Waals surface area contributed by atoms with Crippen molar-refractivity contribution in [3.63, 3.8) is 0 Å². The number of hydrogen-bond donors (Lipinski definition) is 1. The van der Waals surface area contributed by atoms with Crippen molar-refractivity contribution in [1.82, 2.24) is 9.99 Å². The lowest BCUT2D eigenvalue weighted by Gasteiger charge is -2.18. The Balaban J connectivity index is 1.84. The van der Waals surface area contributed by atoms with Gasteiger partial charge in [-0.3, -0.25) is 14.9 Å². The predicted octanol–water partition coefficient (Wildman–Crippen LogP) is 1.25. The van der Waals surface area contributed by atoms with E-state index in [1.807, 2.05) is 0 Å². The molecular formula is C14H14N4O4S2. The summed E-state index contributed by atoms with van der Waals surface area (Å²) in [6.07, 6.45) is 1.65. The van der Waals surface area contributed by atoms with E-state index in [2.05, 4.69) is 15.4 Å². The topological polar surface area (TPSA) is 109 Å². The molecule has 0 radical (unpaired) electrons. The number of anilines is 1. The van der Waals surface area contributed by atoms with Crippen LogP contribution in [0.25, 0.3) is 10.2 Å². The summed E-state index contributed by atoms with van der Waals surface area (Å²) in [4.78, 5) is 28.1. The van der Waals surface area contributed by atoms with Crippen LogP contribution in [0.4, 0.5) is 5.13 Å². The van der Waals surface area contributed by atoms with Crippen LogP contribution in [-0.4, -0.2) is 49.2 Å². The second-order valence-corrected chi connectivity index (χ2v) is 8.39. The molecule has 1 aliphatic heterocycles. The summed E-state index contributed by atoms with van der Waals surface area (Å²) in [5, 5.41) is 8.09. The maximum atomic E-state index is 12.2. The molecule has 126 valence electrons. The molecule has 1 N–H and O–H groups in total. The van der Waals surface area contributed by atoms with E-state index in [-0.39, 0.29) is 29.4 Å². The zero-order valence-electron chi connectivity index (χ0n) is 12.9. The Kier molecular flexibility index (Phi) is 4.10. The van der Waals surface area contributed by atoms with Gasteiger partial charge in [-0.15, -0.1) is 0 Å². The number of rotatable bonds is 3. The minimum absolute atomic E-state index is 0.139. The van der Waals surface area contributed by atoms with Crippen molar-refractivity contribution in [3.05, 3.63) is 18.2 Å². The van der Waals surface area contributed by atoms with Crippen LogP contribution >= 0.6 is 11.3 Å². The van der Waals surface area contributed by atoms with E-state index in [1.54, 1.807) is 6.07 Å². The van der Waals surface area contributed by atoms with Gasteiger partial charge in [-0.05, 0) is 18.2 Å². The smallest absolute Gasteiger partial charge is 0.273 e. The third-order valence-corrected chi connectivity index (χ3v) is 5.52. The van der Waals surface area contributed by atoms with Crippen LogP contribution in [0, 0.1) is 0 Å². The number of hydrazone groups is 1. The van der Waals surface area contributed by atoms with Gasteiger partial charge in [-0.1, -0.05) is 11.3 Å². The molecule has 1 aromatic heterocycles. The first kappa shape index (κ1) is 16.5. The molecule has 2 aromatic rings. The van der Waals surface area contributed by atoms with E-state index in [9.17, 15) is 18.0 Å². The third-order valence-electron chi connectivity index (χ3n) is 3.48. The fourth-order valence-corrected chi connectivity index (χ4v) is 3.81. The van der Waals surface area contributed by atoms with Crippen LogP contribution in [0.2, 0.25) is 0 Å². The Labute approximate surface area is 142 Å². The second-order valence-electron chi connectivity index (χ2n) is 5.34. The van der Waals surface area contributed by atoms with Gasteiger partial charge in [0.15, 0.2) is 15.0 Å². The molecule has 1 aliphatic rings. The quantitative estimate of drug-likeness (QED) is 0.879. The van der Waals surface area contributed by atoms with E-state index in [4.69, 9.17) is 0 Å². The number of sulfone groups is 1. The average molecular weight is 366 g/mol. The molecule has 0 fully saturated rings. The standard InChI is InChI=1S/C14H14N4O4S2/c1-18-12(19)6-5-10(17-18)13(20)16-14-15-9-4-3-8(24(2,21)22)7-11(9)23-14/h3-4,7H,5-6H2,1-2H3,(H,15,16,20). The SMILES string of the molecule is CN1N=C(C(=O)Nc2nc3ccc(S(C)(=O)=O)cc3s2)CCC1=O. The minimum Gasteiger partial charge on any atom is -0.297 e. The average Bonchev–Trinajstić information content (AvgIpc) is 2.90. The Morgan fingerprint density at radius 1 is 1.33 bits per heavy atom. The normalized spacial score (nSPS) is 15.5. The first-order valence-electron chi connectivity index (χ1n) is 7.00. The van der Waals surface area contributed by atoms with Crippen LogP contribution in [0.15, 0.2) is 28.2 Å². The van der Waals surface area contributed by atoms with Crippen molar-refractivity contribution in [2.24, 2.45) is 5.10 Å². The number of aromatic nitrogens is 1. The summed E-state index contributed by atoms with van der Waals surface area (Å²) in [6, 6.07) is 4.61. The number of benzene rings is 1. The Morgan fingerprint density at radius 3 is 2.75 bits per heavy atom. The van der Waals surface area contributed by atoms with Crippen molar-refractivity contribution in [2.75, 3.05) is 18.6 Å². The molecule has 0 aliphatic carbocycles. The zero-order chi connectivity index (χ0) is 17.5. The van der Waals surface area contributed by atoms with Crippen LogP contribution in [0.5, 0.6) is 0 Å². The maximum Gasteiger partial charge on any atom is 0.273 e. The van der Waals surface area contributed by atoms with E-state index in [1.165, 1.54) is 30.5 Å². The highest BCUT2D eigenvalue weighted by atomic mass is 32.2. The Morgan fingerprint density at radius 2 is 2.08 bits per heavy atom. The van der Waals surface area contributed by atoms with Crippen LogP contribution in [0.3, 0.4) is 0 Å². The van der Waals surface area contributed by atoms with Gasteiger partial charge < -0.3 is 0 Å². The van der Waals surface area contributed by atoms with Gasteiger partial charge in [0, 0.05) is 26.1 Å². The van der Waals surface area contributed by atoms with Crippen LogP contribution in [-0.2, 0) is 19.4 Å². The fourth-order valence-electron chi connectivity index (χ4n) is 2.19. The van der Waals surface area contributed by atoms with Gasteiger partial charge in [0.05, 0.1) is 15.1 Å². The summed E-state index contributed by atoms with van der Waals surface area (Å²) in [7, 11) is -1.80. The van der Waals surface area contributed by atoms with Gasteiger partial charge in [0.25, 0.3) is 5.91 Å². The molecule has 0 unspecified atom stereocenters. The highest BCUT2D eigenvalue weighted by Gasteiger charge is 2.22. The summed E-state index contributed by atoms with van der Waals surface area (Å²) < 4.78 is 23.8. The zero-order valence-corrected chi connectivity index (χ0v) is 14.6. The van der Waals surface area contributed by atoms with Crippen LogP contribution < -0.4 is 5.32 Å². The van der Waals surface area contributed by atoms with Crippen molar-refractivity contribution in [3.8, 4) is 0 Å². The van der Waals surface area contributed by atoms with Gasteiger partial charge in [-0.25, -0.2) is 18.4 Å². The molecule has 0 saturated carbocycles. The Bertz CT molecular complexity index is 978. The lowest BCUT2D eigenvalue weighted by Crippen LogP contribution is -2.34. The van der Waals surface area contributed by atoms with E-state index in [0.29, 0.717) is 15.3 Å². The van der Waals surface area contributed by atoms with Gasteiger partial charge >= 0.3 is 0 Å². The molecule has 8 nitrogen and oxygen atoms in total. The monoisotopic (exact) mass is 366 g/mol. The number of carbonyl (C=O) groups excluding carboxylic acids is 2. The Hall–Kier alpha value is -2.33. The first-order chi connectivity index (χ1) is 11.2. The molecular weight excluding hydrogens is 352 g/mol. The summed E-state index contributed by atoms with van der Waals surface area (Å²) >= 11 is 1.18. The minimum atomic E-state index is -3.30. The highest BCUT2D eigenvalue weighted by Crippen LogP contribution is 2.28. The van der Waals surface area contributed by atoms with Crippen molar-refractivity contribution >= 4 is 54.0 Å². The summed E-state index contributed by atoms with van der Waals surface area (Å²) in [5.41, 5.74) is 0.855. The summed E-state index contributed by atoms with van der Waals surface area (Å²) in [6.45, 7) is 0. The van der Waals surface area contributed by atoms with Gasteiger partial charge in [0.1, 0.15) is 5.71 Å². The second kappa shape index (κ2) is 5.95. The first-order valence-corrected chi connectivity index (χ1v) is 9.71. The maximum absolute atomic E-state index is 12.2. The van der Waals surface area contributed by atoms with E-state index < -0.39 is 15.7 Å².